The van der Waals surface area contributed by atoms with Gasteiger partial charge in [0, 0.05) is 12.1 Å². The number of aromatic nitrogens is 2. The number of carbonyl (C=O) groups excluding carboxylic acids is 1. The fourth-order valence-corrected chi connectivity index (χ4v) is 2.42. The molecule has 0 bridgehead atoms. The summed E-state index contributed by atoms with van der Waals surface area (Å²) < 4.78 is 7.30. The van der Waals surface area contributed by atoms with Crippen LogP contribution in [0.25, 0.3) is 0 Å². The summed E-state index contributed by atoms with van der Waals surface area (Å²) in [5.41, 5.74) is 2.43. The predicted octanol–water partition coefficient (Wildman–Crippen LogP) is 4.16. The summed E-state index contributed by atoms with van der Waals surface area (Å²) in [5, 5.41) is 4.47. The Bertz CT molecular complexity index is 652. The lowest BCUT2D eigenvalue weighted by atomic mass is 10.1. The molecule has 0 N–H and O–H groups in total. The number of nitrogens with zero attached hydrogens (tertiary/aromatic N) is 2. The second-order valence-corrected chi connectivity index (χ2v) is 7.06. The molecule has 1 aromatic carbocycles. The molecule has 0 saturated carbocycles. The van der Waals surface area contributed by atoms with E-state index in [2.05, 4.69) is 39.7 Å². The highest BCUT2D eigenvalue weighted by atomic mass is 16.5. The first-order valence-electron chi connectivity index (χ1n) is 8.10. The van der Waals surface area contributed by atoms with E-state index < -0.39 is 0 Å². The maximum Gasteiger partial charge on any atom is 0.358 e. The fraction of sp³-hybridized carbons (Fsp3) is 0.474. The molecule has 4 nitrogen and oxygen atoms in total. The van der Waals surface area contributed by atoms with Crippen molar-refractivity contribution >= 4 is 5.97 Å². The summed E-state index contributed by atoms with van der Waals surface area (Å²) in [6, 6.07) is 11.8. The van der Waals surface area contributed by atoms with Crippen molar-refractivity contribution in [3.05, 3.63) is 53.3 Å². The molecular weight excluding hydrogens is 288 g/mol. The van der Waals surface area contributed by atoms with Crippen LogP contribution in [0.5, 0.6) is 0 Å². The molecular formula is C19H26N2O2. The van der Waals surface area contributed by atoms with E-state index in [1.165, 1.54) is 0 Å². The zero-order chi connectivity index (χ0) is 17.0. The van der Waals surface area contributed by atoms with Crippen LogP contribution < -0.4 is 0 Å². The standard InChI is InChI=1S/C19H26N2O2/c1-14(2)17-13-16(20-21(17)19(3,4)5)18(22)23-12-11-15-9-7-6-8-10-15/h6-10,13-14H,11-12H2,1-5H3. The number of hydrogen-bond acceptors (Lipinski definition) is 3. The first-order valence-corrected chi connectivity index (χ1v) is 8.10. The smallest absolute Gasteiger partial charge is 0.358 e. The second kappa shape index (κ2) is 6.99. The minimum absolute atomic E-state index is 0.165. The van der Waals surface area contributed by atoms with Gasteiger partial charge >= 0.3 is 5.97 Å². The SMILES string of the molecule is CC(C)c1cc(C(=O)OCCc2ccccc2)nn1C(C)(C)C. The van der Waals surface area contributed by atoms with E-state index in [0.717, 1.165) is 11.3 Å². The molecule has 0 saturated heterocycles. The van der Waals surface area contributed by atoms with Gasteiger partial charge in [-0.25, -0.2) is 4.79 Å². The Hall–Kier alpha value is -2.10. The number of esters is 1. The first-order chi connectivity index (χ1) is 10.8. The van der Waals surface area contributed by atoms with E-state index in [1.54, 1.807) is 0 Å². The van der Waals surface area contributed by atoms with Crippen molar-refractivity contribution in [3.63, 3.8) is 0 Å². The molecule has 0 aliphatic rings. The third-order valence-electron chi connectivity index (χ3n) is 3.64. The van der Waals surface area contributed by atoms with Gasteiger partial charge in [0.1, 0.15) is 0 Å². The normalized spacial score (nSPS) is 11.7. The molecule has 0 amide bonds. The monoisotopic (exact) mass is 314 g/mol. The molecule has 124 valence electrons. The summed E-state index contributed by atoms with van der Waals surface area (Å²) >= 11 is 0. The number of ether oxygens (including phenoxy) is 1. The van der Waals surface area contributed by atoms with Crippen molar-refractivity contribution in [3.8, 4) is 0 Å². The second-order valence-electron chi connectivity index (χ2n) is 7.06. The van der Waals surface area contributed by atoms with Crippen LogP contribution >= 0.6 is 0 Å². The van der Waals surface area contributed by atoms with Gasteiger partial charge in [0.05, 0.1) is 12.1 Å². The quantitative estimate of drug-likeness (QED) is 0.778. The average molecular weight is 314 g/mol. The molecule has 0 spiro atoms. The maximum atomic E-state index is 12.3. The lowest BCUT2D eigenvalue weighted by Gasteiger charge is -2.23. The van der Waals surface area contributed by atoms with Crippen molar-refractivity contribution in [2.75, 3.05) is 6.61 Å². The van der Waals surface area contributed by atoms with Crippen LogP contribution in [0.2, 0.25) is 0 Å². The third kappa shape index (κ3) is 4.44. The molecule has 4 heteroatoms. The lowest BCUT2D eigenvalue weighted by Crippen LogP contribution is -2.26. The van der Waals surface area contributed by atoms with Crippen LogP contribution in [0.3, 0.4) is 0 Å². The third-order valence-corrected chi connectivity index (χ3v) is 3.64. The molecule has 0 atom stereocenters. The van der Waals surface area contributed by atoms with Crippen LogP contribution in [0.4, 0.5) is 0 Å². The van der Waals surface area contributed by atoms with Gasteiger partial charge in [0.2, 0.25) is 0 Å². The van der Waals surface area contributed by atoms with Gasteiger partial charge in [0.15, 0.2) is 5.69 Å². The van der Waals surface area contributed by atoms with Crippen molar-refractivity contribution in [1.29, 1.82) is 0 Å². The van der Waals surface area contributed by atoms with Crippen molar-refractivity contribution in [1.82, 2.24) is 9.78 Å². The molecule has 0 unspecified atom stereocenters. The highest BCUT2D eigenvalue weighted by molar-refractivity contribution is 5.87. The molecule has 2 aromatic rings. The van der Waals surface area contributed by atoms with E-state index in [9.17, 15) is 4.79 Å². The van der Waals surface area contributed by atoms with Crippen molar-refractivity contribution in [2.24, 2.45) is 0 Å². The predicted molar refractivity (Wildman–Crippen MR) is 91.7 cm³/mol. The van der Waals surface area contributed by atoms with E-state index in [4.69, 9.17) is 4.74 Å². The highest BCUT2D eigenvalue weighted by Crippen LogP contribution is 2.23. The molecule has 0 aliphatic carbocycles. The van der Waals surface area contributed by atoms with Crippen molar-refractivity contribution < 1.29 is 9.53 Å². The number of carbonyl (C=O) groups is 1. The summed E-state index contributed by atoms with van der Waals surface area (Å²) in [5.74, 6) is -0.0570. The van der Waals surface area contributed by atoms with E-state index in [1.807, 2.05) is 41.1 Å². The Kier molecular flexibility index (Phi) is 5.24. The van der Waals surface area contributed by atoms with Crippen LogP contribution in [0, 0.1) is 0 Å². The van der Waals surface area contributed by atoms with Gasteiger partial charge in [-0.1, -0.05) is 44.2 Å². The maximum absolute atomic E-state index is 12.3. The highest BCUT2D eigenvalue weighted by Gasteiger charge is 2.24. The topological polar surface area (TPSA) is 44.1 Å². The van der Waals surface area contributed by atoms with E-state index in [0.29, 0.717) is 24.6 Å². The van der Waals surface area contributed by atoms with E-state index in [-0.39, 0.29) is 11.5 Å². The molecule has 0 aliphatic heterocycles. The van der Waals surface area contributed by atoms with Gasteiger partial charge < -0.3 is 4.74 Å². The Morgan fingerprint density at radius 1 is 1.22 bits per heavy atom. The van der Waals surface area contributed by atoms with Crippen LogP contribution in [-0.2, 0) is 16.7 Å². The van der Waals surface area contributed by atoms with Gasteiger partial charge in [-0.3, -0.25) is 4.68 Å². The van der Waals surface area contributed by atoms with Crippen LogP contribution in [-0.4, -0.2) is 22.4 Å². The van der Waals surface area contributed by atoms with E-state index >= 15 is 0 Å². The van der Waals surface area contributed by atoms with Gasteiger partial charge in [-0.05, 0) is 38.3 Å². The van der Waals surface area contributed by atoms with Crippen LogP contribution in [0.15, 0.2) is 36.4 Å². The number of benzene rings is 1. The first kappa shape index (κ1) is 17.3. The molecule has 2 rings (SSSR count). The van der Waals surface area contributed by atoms with Crippen LogP contribution in [0.1, 0.15) is 62.3 Å². The minimum atomic E-state index is -0.356. The van der Waals surface area contributed by atoms with Gasteiger partial charge in [-0.2, -0.15) is 5.10 Å². The number of rotatable bonds is 5. The van der Waals surface area contributed by atoms with Gasteiger partial charge in [-0.15, -0.1) is 0 Å². The minimum Gasteiger partial charge on any atom is -0.461 e. The summed E-state index contributed by atoms with van der Waals surface area (Å²) in [4.78, 5) is 12.3. The Morgan fingerprint density at radius 3 is 2.39 bits per heavy atom. The summed E-state index contributed by atoms with van der Waals surface area (Å²) in [7, 11) is 0. The largest absolute Gasteiger partial charge is 0.461 e. The molecule has 0 radical (unpaired) electrons. The zero-order valence-electron chi connectivity index (χ0n) is 14.7. The zero-order valence-corrected chi connectivity index (χ0v) is 14.7. The summed E-state index contributed by atoms with van der Waals surface area (Å²) in [6.07, 6.45) is 0.712. The Labute approximate surface area is 138 Å². The Balaban J connectivity index is 2.05. The fourth-order valence-electron chi connectivity index (χ4n) is 2.42. The molecule has 23 heavy (non-hydrogen) atoms. The average Bonchev–Trinajstić information content (AvgIpc) is 2.94. The number of hydrogen-bond donors (Lipinski definition) is 0. The lowest BCUT2D eigenvalue weighted by molar-refractivity contribution is 0.0500. The Morgan fingerprint density at radius 2 is 1.87 bits per heavy atom. The summed E-state index contributed by atoms with van der Waals surface area (Å²) in [6.45, 7) is 10.8. The van der Waals surface area contributed by atoms with Crippen molar-refractivity contribution in [2.45, 2.75) is 52.5 Å². The molecule has 1 aromatic heterocycles. The molecule has 1 heterocycles. The van der Waals surface area contributed by atoms with Gasteiger partial charge in [0.25, 0.3) is 0 Å². The molecule has 0 fully saturated rings.